The molecule has 4 aromatic rings. The average molecular weight is 616 g/mol. The molecule has 1 fully saturated rings. The molecule has 43 heavy (non-hydrogen) atoms. The quantitative estimate of drug-likeness (QED) is 0.277. The lowest BCUT2D eigenvalue weighted by Crippen LogP contribution is -2.50. The number of likely N-dealkylation sites (tertiary alicyclic amines) is 1. The number of aromatic nitrogens is 3. The molecule has 1 saturated heterocycles. The Kier molecular flexibility index (Phi) is 7.88. The molecule has 2 atom stereocenters. The summed E-state index contributed by atoms with van der Waals surface area (Å²) in [5, 5.41) is 3.39. The van der Waals surface area contributed by atoms with Crippen molar-refractivity contribution in [2.75, 3.05) is 18.4 Å². The number of alkyl halides is 3. The van der Waals surface area contributed by atoms with E-state index in [0.29, 0.717) is 19.2 Å². The molecule has 1 aliphatic heterocycles. The molecule has 13 heteroatoms. The molecule has 5 rings (SSSR count). The molecule has 1 amide bonds. The van der Waals surface area contributed by atoms with Gasteiger partial charge in [0.15, 0.2) is 0 Å². The van der Waals surface area contributed by atoms with Gasteiger partial charge >= 0.3 is 12.3 Å². The van der Waals surface area contributed by atoms with Gasteiger partial charge in [-0.3, -0.25) is 0 Å². The molecule has 3 heterocycles. The standard InChI is InChI=1S/C30H32F3N5O4S/c1-19-14-15-37(28(39)42-29(2,3)4)18-24(19)35-27-34-16-23(30(31,32)33)26(36-27)22-17-38(25-13-9-8-12-21(22)25)43(40,41)20-10-6-5-7-11-20/h5-13,16-17,19,24H,14-15,18H2,1-4H3,(H,34,35,36)/t19-,24-/m1/s1. The molecule has 0 bridgehead atoms. The number of nitrogens with one attached hydrogen (secondary N) is 1. The number of carbonyl (C=O) groups is 1. The zero-order valence-electron chi connectivity index (χ0n) is 24.1. The Hall–Kier alpha value is -4.13. The summed E-state index contributed by atoms with van der Waals surface area (Å²) in [6.07, 6.45) is -2.80. The van der Waals surface area contributed by atoms with E-state index in [-0.39, 0.29) is 45.8 Å². The van der Waals surface area contributed by atoms with E-state index >= 15 is 0 Å². The van der Waals surface area contributed by atoms with Crippen molar-refractivity contribution < 1.29 is 31.1 Å². The minimum Gasteiger partial charge on any atom is -0.444 e. The highest BCUT2D eigenvalue weighted by Crippen LogP contribution is 2.40. The third kappa shape index (κ3) is 6.31. The number of rotatable bonds is 5. The van der Waals surface area contributed by atoms with Gasteiger partial charge in [0, 0.05) is 42.5 Å². The van der Waals surface area contributed by atoms with E-state index in [0.717, 1.165) is 3.97 Å². The van der Waals surface area contributed by atoms with Crippen molar-refractivity contribution in [3.63, 3.8) is 0 Å². The highest BCUT2D eigenvalue weighted by molar-refractivity contribution is 7.90. The molecule has 0 unspecified atom stereocenters. The van der Waals surface area contributed by atoms with Gasteiger partial charge in [0.1, 0.15) is 11.2 Å². The molecule has 1 N–H and O–H groups in total. The maximum Gasteiger partial charge on any atom is 0.419 e. The Bertz CT molecular complexity index is 1750. The van der Waals surface area contributed by atoms with Crippen molar-refractivity contribution in [3.8, 4) is 11.3 Å². The molecule has 2 aromatic carbocycles. The Morgan fingerprint density at radius 3 is 2.40 bits per heavy atom. The summed E-state index contributed by atoms with van der Waals surface area (Å²) in [6, 6.07) is 13.6. The fourth-order valence-corrected chi connectivity index (χ4v) is 6.41. The first-order chi connectivity index (χ1) is 20.1. The maximum absolute atomic E-state index is 14.3. The molecule has 1 aliphatic rings. The lowest BCUT2D eigenvalue weighted by molar-refractivity contribution is -0.137. The zero-order valence-corrected chi connectivity index (χ0v) is 24.9. The molecular weight excluding hydrogens is 583 g/mol. The van der Waals surface area contributed by atoms with Crippen LogP contribution in [0.2, 0.25) is 0 Å². The highest BCUT2D eigenvalue weighted by atomic mass is 32.2. The van der Waals surface area contributed by atoms with Crippen LogP contribution >= 0.6 is 0 Å². The van der Waals surface area contributed by atoms with Crippen LogP contribution in [0, 0.1) is 5.92 Å². The van der Waals surface area contributed by atoms with Gasteiger partial charge in [-0.1, -0.05) is 43.3 Å². The summed E-state index contributed by atoms with van der Waals surface area (Å²) < 4.78 is 76.5. The number of carbonyl (C=O) groups excluding carboxylic acids is 1. The van der Waals surface area contributed by atoms with Crippen LogP contribution in [0.25, 0.3) is 22.2 Å². The first-order valence-corrected chi connectivity index (χ1v) is 15.2. The number of anilines is 1. The average Bonchev–Trinajstić information content (AvgIpc) is 3.34. The van der Waals surface area contributed by atoms with Crippen molar-refractivity contribution in [1.29, 1.82) is 0 Å². The Morgan fingerprint density at radius 1 is 1.05 bits per heavy atom. The number of hydrogen-bond acceptors (Lipinski definition) is 7. The SMILES string of the molecule is C[C@@H]1CCN(C(=O)OC(C)(C)C)C[C@H]1Nc1ncc(C(F)(F)F)c(-c2cn(S(=O)(=O)c3ccccc3)c3ccccc23)n1. The minimum absolute atomic E-state index is 0.00998. The van der Waals surface area contributed by atoms with Crippen LogP contribution in [0.1, 0.15) is 39.7 Å². The first kappa shape index (κ1) is 30.3. The zero-order chi connectivity index (χ0) is 31.2. The summed E-state index contributed by atoms with van der Waals surface area (Å²) in [5.74, 6) is -0.0282. The minimum atomic E-state index is -4.82. The van der Waals surface area contributed by atoms with Gasteiger partial charge in [0.2, 0.25) is 5.95 Å². The molecule has 0 radical (unpaired) electrons. The second-order valence-electron chi connectivity index (χ2n) is 11.6. The number of halogens is 3. The third-order valence-electron chi connectivity index (χ3n) is 7.25. The Labute approximate surface area is 247 Å². The summed E-state index contributed by atoms with van der Waals surface area (Å²) in [7, 11) is -4.14. The third-order valence-corrected chi connectivity index (χ3v) is 8.94. The van der Waals surface area contributed by atoms with Gasteiger partial charge in [-0.25, -0.2) is 27.2 Å². The number of fused-ring (bicyclic) bond motifs is 1. The number of para-hydroxylation sites is 1. The summed E-state index contributed by atoms with van der Waals surface area (Å²) in [4.78, 5) is 22.5. The number of hydrogen-bond donors (Lipinski definition) is 1. The van der Waals surface area contributed by atoms with Crippen LogP contribution < -0.4 is 5.32 Å². The molecule has 9 nitrogen and oxygen atoms in total. The Balaban J connectivity index is 1.56. The van der Waals surface area contributed by atoms with Gasteiger partial charge in [-0.05, 0) is 51.3 Å². The fraction of sp³-hybridized carbons (Fsp3) is 0.367. The van der Waals surface area contributed by atoms with Gasteiger partial charge < -0.3 is 15.0 Å². The largest absolute Gasteiger partial charge is 0.444 e. The molecule has 0 spiro atoms. The number of ether oxygens (including phenoxy) is 1. The number of amides is 1. The molecule has 0 aliphatic carbocycles. The normalized spacial score (nSPS) is 18.1. The molecular formula is C30H32F3N5O4S. The van der Waals surface area contributed by atoms with E-state index < -0.39 is 39.2 Å². The molecule has 0 saturated carbocycles. The van der Waals surface area contributed by atoms with Crippen LogP contribution in [0.15, 0.2) is 71.9 Å². The van der Waals surface area contributed by atoms with Crippen LogP contribution in [0.5, 0.6) is 0 Å². The second-order valence-corrected chi connectivity index (χ2v) is 13.4. The van der Waals surface area contributed by atoms with Gasteiger partial charge in [-0.15, -0.1) is 0 Å². The molecule has 2 aromatic heterocycles. The van der Waals surface area contributed by atoms with Crippen LogP contribution in [0.4, 0.5) is 23.9 Å². The first-order valence-electron chi connectivity index (χ1n) is 13.7. The van der Waals surface area contributed by atoms with Crippen molar-refractivity contribution in [2.45, 2.75) is 56.8 Å². The van der Waals surface area contributed by atoms with Crippen molar-refractivity contribution in [2.24, 2.45) is 5.92 Å². The predicted octanol–water partition coefficient (Wildman–Crippen LogP) is 6.41. The van der Waals surface area contributed by atoms with E-state index in [4.69, 9.17) is 4.74 Å². The maximum atomic E-state index is 14.3. The monoisotopic (exact) mass is 615 g/mol. The van der Waals surface area contributed by atoms with Crippen molar-refractivity contribution in [3.05, 3.63) is 72.6 Å². The summed E-state index contributed by atoms with van der Waals surface area (Å²) in [5.41, 5.74) is -2.06. The van der Waals surface area contributed by atoms with E-state index in [1.807, 2.05) is 6.92 Å². The molecule has 228 valence electrons. The summed E-state index contributed by atoms with van der Waals surface area (Å²) in [6.45, 7) is 8.00. The van der Waals surface area contributed by atoms with Gasteiger partial charge in [0.25, 0.3) is 10.0 Å². The van der Waals surface area contributed by atoms with Gasteiger partial charge in [-0.2, -0.15) is 13.2 Å². The fourth-order valence-electron chi connectivity index (χ4n) is 5.02. The Morgan fingerprint density at radius 2 is 1.72 bits per heavy atom. The van der Waals surface area contributed by atoms with E-state index in [1.54, 1.807) is 62.1 Å². The van der Waals surface area contributed by atoms with Crippen molar-refractivity contribution in [1.82, 2.24) is 18.8 Å². The highest BCUT2D eigenvalue weighted by Gasteiger charge is 2.38. The second kappa shape index (κ2) is 11.2. The van der Waals surface area contributed by atoms with Crippen molar-refractivity contribution >= 4 is 33.0 Å². The van der Waals surface area contributed by atoms with Crippen LogP contribution in [0.3, 0.4) is 0 Å². The lowest BCUT2D eigenvalue weighted by Gasteiger charge is -2.38. The van der Waals surface area contributed by atoms with Crippen LogP contribution in [-0.4, -0.2) is 58.1 Å². The van der Waals surface area contributed by atoms with E-state index in [9.17, 15) is 26.4 Å². The smallest absolute Gasteiger partial charge is 0.419 e. The number of benzene rings is 2. The van der Waals surface area contributed by atoms with Crippen LogP contribution in [-0.2, 0) is 20.9 Å². The van der Waals surface area contributed by atoms with Gasteiger partial charge in [0.05, 0.1) is 16.1 Å². The number of piperidine rings is 1. The lowest BCUT2D eigenvalue weighted by atomic mass is 9.94. The summed E-state index contributed by atoms with van der Waals surface area (Å²) >= 11 is 0. The van der Waals surface area contributed by atoms with E-state index in [2.05, 4.69) is 15.3 Å². The van der Waals surface area contributed by atoms with E-state index in [1.165, 1.54) is 24.4 Å². The topological polar surface area (TPSA) is 106 Å². The predicted molar refractivity (Wildman–Crippen MR) is 156 cm³/mol. The number of nitrogens with zero attached hydrogens (tertiary/aromatic N) is 4.